The lowest BCUT2D eigenvalue weighted by Crippen LogP contribution is -2.34. The van der Waals surface area contributed by atoms with Gasteiger partial charge < -0.3 is 10.1 Å². The Kier molecular flexibility index (Phi) is 6.04. The van der Waals surface area contributed by atoms with Crippen LogP contribution in [0.25, 0.3) is 0 Å². The standard InChI is InChI=1S/C23H23ClN2O4/c24-15-10-11-20(30-16-6-2-1-3-7-16)19(14-15)25-21(27)12-13-26-22(28)17-8-4-5-9-18(17)23(26)29/h1-3,6-7,10-11,14,17-18H,4-5,8-9,12-13H2,(H,25,27). The van der Waals surface area contributed by atoms with Gasteiger partial charge in [0.25, 0.3) is 0 Å². The molecule has 0 aromatic heterocycles. The number of para-hydroxylation sites is 1. The molecule has 3 amide bonds. The van der Waals surface area contributed by atoms with Crippen LogP contribution in [-0.2, 0) is 14.4 Å². The number of rotatable bonds is 6. The van der Waals surface area contributed by atoms with Gasteiger partial charge in [-0.1, -0.05) is 42.6 Å². The van der Waals surface area contributed by atoms with Crippen molar-refractivity contribution >= 4 is 35.0 Å². The van der Waals surface area contributed by atoms with Gasteiger partial charge in [-0.15, -0.1) is 0 Å². The lowest BCUT2D eigenvalue weighted by molar-refractivity contribution is -0.140. The zero-order valence-electron chi connectivity index (χ0n) is 16.5. The number of carbonyl (C=O) groups is 3. The van der Waals surface area contributed by atoms with E-state index in [1.54, 1.807) is 18.2 Å². The fraction of sp³-hybridized carbons (Fsp3) is 0.348. The Hall–Kier alpha value is -2.86. The molecule has 0 spiro atoms. The van der Waals surface area contributed by atoms with E-state index in [0.717, 1.165) is 25.7 Å². The summed E-state index contributed by atoms with van der Waals surface area (Å²) in [6, 6.07) is 14.2. The van der Waals surface area contributed by atoms with Gasteiger partial charge in [0.05, 0.1) is 17.5 Å². The largest absolute Gasteiger partial charge is 0.455 e. The Balaban J connectivity index is 1.40. The lowest BCUT2D eigenvalue weighted by atomic mass is 9.81. The number of hydrogen-bond donors (Lipinski definition) is 1. The second-order valence-corrected chi connectivity index (χ2v) is 8.12. The van der Waals surface area contributed by atoms with Gasteiger partial charge in [-0.3, -0.25) is 19.3 Å². The molecule has 2 fully saturated rings. The predicted molar refractivity (Wildman–Crippen MR) is 113 cm³/mol. The maximum Gasteiger partial charge on any atom is 0.233 e. The van der Waals surface area contributed by atoms with Crippen LogP contribution in [0.1, 0.15) is 32.1 Å². The van der Waals surface area contributed by atoms with Gasteiger partial charge in [0, 0.05) is 18.0 Å². The van der Waals surface area contributed by atoms with Crippen molar-refractivity contribution in [2.75, 3.05) is 11.9 Å². The van der Waals surface area contributed by atoms with Gasteiger partial charge in [0.15, 0.2) is 5.75 Å². The molecule has 1 saturated heterocycles. The molecule has 30 heavy (non-hydrogen) atoms. The van der Waals surface area contributed by atoms with E-state index in [9.17, 15) is 14.4 Å². The third-order valence-corrected chi connectivity index (χ3v) is 5.92. The molecular weight excluding hydrogens is 404 g/mol. The normalized spacial score (nSPS) is 20.8. The average molecular weight is 427 g/mol. The highest BCUT2D eigenvalue weighted by Gasteiger charge is 2.47. The first kappa shape index (κ1) is 20.4. The number of nitrogens with one attached hydrogen (secondary N) is 1. The number of ether oxygens (including phenoxy) is 1. The summed E-state index contributed by atoms with van der Waals surface area (Å²) in [5.74, 6) is 0.109. The van der Waals surface area contributed by atoms with E-state index in [1.165, 1.54) is 4.90 Å². The number of carbonyl (C=O) groups excluding carboxylic acids is 3. The Morgan fingerprint density at radius 3 is 2.37 bits per heavy atom. The molecule has 0 radical (unpaired) electrons. The van der Waals surface area contributed by atoms with E-state index in [0.29, 0.717) is 22.2 Å². The molecule has 1 aliphatic carbocycles. The monoisotopic (exact) mass is 426 g/mol. The van der Waals surface area contributed by atoms with Crippen LogP contribution < -0.4 is 10.1 Å². The van der Waals surface area contributed by atoms with Crippen LogP contribution >= 0.6 is 11.6 Å². The number of hydrogen-bond acceptors (Lipinski definition) is 4. The van der Waals surface area contributed by atoms with Crippen molar-refractivity contribution in [3.05, 3.63) is 53.6 Å². The van der Waals surface area contributed by atoms with Crippen LogP contribution in [0.15, 0.2) is 48.5 Å². The van der Waals surface area contributed by atoms with Gasteiger partial charge >= 0.3 is 0 Å². The first-order valence-electron chi connectivity index (χ1n) is 10.2. The van der Waals surface area contributed by atoms with Crippen molar-refractivity contribution in [2.45, 2.75) is 32.1 Å². The molecule has 2 atom stereocenters. The van der Waals surface area contributed by atoms with Crippen molar-refractivity contribution < 1.29 is 19.1 Å². The Labute approximate surface area is 180 Å². The fourth-order valence-electron chi connectivity index (χ4n) is 4.18. The molecule has 1 heterocycles. The molecule has 2 aliphatic rings. The summed E-state index contributed by atoms with van der Waals surface area (Å²) in [5.41, 5.74) is 0.434. The SMILES string of the molecule is O=C(CCN1C(=O)C2CCCCC2C1=O)Nc1cc(Cl)ccc1Oc1ccccc1. The molecule has 0 bridgehead atoms. The minimum atomic E-state index is -0.314. The number of benzene rings is 2. The van der Waals surface area contributed by atoms with Gasteiger partial charge in [-0.2, -0.15) is 0 Å². The maximum absolute atomic E-state index is 12.6. The highest BCUT2D eigenvalue weighted by Crippen LogP contribution is 2.38. The summed E-state index contributed by atoms with van der Waals surface area (Å²) < 4.78 is 5.85. The predicted octanol–water partition coefficient (Wildman–Crippen LogP) is 4.64. The Morgan fingerprint density at radius 2 is 1.70 bits per heavy atom. The topological polar surface area (TPSA) is 75.7 Å². The summed E-state index contributed by atoms with van der Waals surface area (Å²) >= 11 is 6.09. The molecule has 6 nitrogen and oxygen atoms in total. The zero-order valence-corrected chi connectivity index (χ0v) is 17.2. The van der Waals surface area contributed by atoms with Crippen molar-refractivity contribution in [3.8, 4) is 11.5 Å². The summed E-state index contributed by atoms with van der Waals surface area (Å²) in [6.07, 6.45) is 3.51. The van der Waals surface area contributed by atoms with Gasteiger partial charge in [-0.05, 0) is 43.2 Å². The Morgan fingerprint density at radius 1 is 1.03 bits per heavy atom. The molecule has 1 saturated carbocycles. The van der Waals surface area contributed by atoms with E-state index < -0.39 is 0 Å². The number of imide groups is 1. The van der Waals surface area contributed by atoms with Crippen LogP contribution in [0.5, 0.6) is 11.5 Å². The molecule has 7 heteroatoms. The number of fused-ring (bicyclic) bond motifs is 1. The Bertz CT molecular complexity index is 939. The zero-order chi connectivity index (χ0) is 21.1. The second kappa shape index (κ2) is 8.88. The van der Waals surface area contributed by atoms with Crippen LogP contribution in [0.3, 0.4) is 0 Å². The molecule has 1 aliphatic heterocycles. The van der Waals surface area contributed by atoms with Crippen LogP contribution in [0.4, 0.5) is 5.69 Å². The van der Waals surface area contributed by atoms with E-state index >= 15 is 0 Å². The average Bonchev–Trinajstić information content (AvgIpc) is 2.99. The minimum absolute atomic E-state index is 0.0220. The van der Waals surface area contributed by atoms with E-state index in [2.05, 4.69) is 5.32 Å². The highest BCUT2D eigenvalue weighted by atomic mass is 35.5. The second-order valence-electron chi connectivity index (χ2n) is 7.68. The first-order valence-corrected chi connectivity index (χ1v) is 10.6. The van der Waals surface area contributed by atoms with Crippen LogP contribution in [0.2, 0.25) is 5.02 Å². The first-order chi connectivity index (χ1) is 14.5. The van der Waals surface area contributed by atoms with Crippen molar-refractivity contribution in [1.29, 1.82) is 0 Å². The maximum atomic E-state index is 12.6. The number of nitrogens with zero attached hydrogens (tertiary/aromatic N) is 1. The summed E-state index contributed by atoms with van der Waals surface area (Å²) in [7, 11) is 0. The van der Waals surface area contributed by atoms with Gasteiger partial charge in [0.1, 0.15) is 5.75 Å². The van der Waals surface area contributed by atoms with E-state index in [-0.39, 0.29) is 42.5 Å². The van der Waals surface area contributed by atoms with Crippen molar-refractivity contribution in [1.82, 2.24) is 4.90 Å². The van der Waals surface area contributed by atoms with Gasteiger partial charge in [-0.25, -0.2) is 0 Å². The number of amides is 3. The summed E-state index contributed by atoms with van der Waals surface area (Å²) in [5, 5.41) is 3.25. The molecule has 156 valence electrons. The molecule has 2 aromatic rings. The number of halogens is 1. The lowest BCUT2D eigenvalue weighted by Gasteiger charge is -2.19. The number of likely N-dealkylation sites (tertiary alicyclic amines) is 1. The third kappa shape index (κ3) is 4.33. The molecule has 2 aromatic carbocycles. The summed E-state index contributed by atoms with van der Waals surface area (Å²) in [4.78, 5) is 38.9. The minimum Gasteiger partial charge on any atom is -0.455 e. The van der Waals surface area contributed by atoms with Crippen molar-refractivity contribution in [2.24, 2.45) is 11.8 Å². The number of anilines is 1. The van der Waals surface area contributed by atoms with Crippen LogP contribution in [-0.4, -0.2) is 29.2 Å². The smallest absolute Gasteiger partial charge is 0.233 e. The highest BCUT2D eigenvalue weighted by molar-refractivity contribution is 6.31. The molecule has 2 unspecified atom stereocenters. The van der Waals surface area contributed by atoms with Crippen molar-refractivity contribution in [3.63, 3.8) is 0 Å². The quantitative estimate of drug-likeness (QED) is 0.683. The molecule has 4 rings (SSSR count). The molecule has 1 N–H and O–H groups in total. The van der Waals surface area contributed by atoms with Crippen LogP contribution in [0, 0.1) is 11.8 Å². The van der Waals surface area contributed by atoms with E-state index in [1.807, 2.05) is 30.3 Å². The third-order valence-electron chi connectivity index (χ3n) is 5.68. The summed E-state index contributed by atoms with van der Waals surface area (Å²) in [6.45, 7) is 0.0892. The fourth-order valence-corrected chi connectivity index (χ4v) is 4.35. The van der Waals surface area contributed by atoms with E-state index in [4.69, 9.17) is 16.3 Å². The molecular formula is C23H23ClN2O4. The van der Waals surface area contributed by atoms with Gasteiger partial charge in [0.2, 0.25) is 17.7 Å².